The smallest absolute Gasteiger partial charge is 0.259 e. The zero-order valence-corrected chi connectivity index (χ0v) is 8.97. The Bertz CT molecular complexity index is 484. The van der Waals surface area contributed by atoms with E-state index >= 15 is 0 Å². The van der Waals surface area contributed by atoms with Gasteiger partial charge in [0.2, 0.25) is 5.70 Å². The van der Waals surface area contributed by atoms with Crippen molar-refractivity contribution >= 4 is 23.4 Å². The normalized spacial score (nSPS) is 11.2. The molecule has 0 radical (unpaired) electrons. The van der Waals surface area contributed by atoms with Gasteiger partial charge in [0, 0.05) is 35.7 Å². The maximum atomic E-state index is 10.5. The van der Waals surface area contributed by atoms with Gasteiger partial charge in [-0.05, 0) is 6.07 Å². The van der Waals surface area contributed by atoms with E-state index in [1.54, 1.807) is 0 Å². The van der Waals surface area contributed by atoms with Gasteiger partial charge >= 0.3 is 0 Å². The second kappa shape index (κ2) is 4.71. The molecule has 0 aromatic heterocycles. The molecule has 0 aliphatic heterocycles. The number of nitrogens with zero attached hydrogens (tertiary/aromatic N) is 2. The number of nitro groups is 2. The first-order valence-corrected chi connectivity index (χ1v) is 4.56. The Kier molecular flexibility index (Phi) is 3.57. The summed E-state index contributed by atoms with van der Waals surface area (Å²) in [5.74, 6) is 0. The molecule has 0 saturated carbocycles. The summed E-state index contributed by atoms with van der Waals surface area (Å²) in [5.41, 5.74) is -0.0423. The lowest BCUT2D eigenvalue weighted by molar-refractivity contribution is -0.422. The first-order valence-electron chi connectivity index (χ1n) is 4.18. The zero-order valence-electron chi connectivity index (χ0n) is 8.21. The minimum Gasteiger partial charge on any atom is -0.259 e. The molecule has 0 fully saturated rings. The van der Waals surface area contributed by atoms with Crippen molar-refractivity contribution in [2.75, 3.05) is 0 Å². The van der Waals surface area contributed by atoms with Gasteiger partial charge in [0.05, 0.1) is 9.85 Å². The van der Waals surface area contributed by atoms with Crippen LogP contribution in [-0.4, -0.2) is 9.85 Å². The highest BCUT2D eigenvalue weighted by atomic mass is 35.5. The molecule has 0 bridgehead atoms. The van der Waals surface area contributed by atoms with Gasteiger partial charge < -0.3 is 0 Å². The molecule has 1 rings (SSSR count). The lowest BCUT2D eigenvalue weighted by Crippen LogP contribution is -1.94. The summed E-state index contributed by atoms with van der Waals surface area (Å²) in [4.78, 5) is 19.7. The molecule has 0 atom stereocenters. The highest BCUT2D eigenvalue weighted by molar-refractivity contribution is 6.32. The molecular weight excluding hydrogens is 236 g/mol. The van der Waals surface area contributed by atoms with Crippen molar-refractivity contribution in [3.8, 4) is 0 Å². The standard InChI is InChI=1S/C9H7ClN2O4/c1-6(11(13)14)4-7-5-8(12(15)16)2-3-9(7)10/h2-5H,1H3. The average Bonchev–Trinajstić information content (AvgIpc) is 2.20. The Morgan fingerprint density at radius 2 is 2.00 bits per heavy atom. The van der Waals surface area contributed by atoms with E-state index in [1.807, 2.05) is 0 Å². The van der Waals surface area contributed by atoms with E-state index in [1.165, 1.54) is 31.2 Å². The van der Waals surface area contributed by atoms with Crippen LogP contribution in [0.1, 0.15) is 12.5 Å². The highest BCUT2D eigenvalue weighted by Crippen LogP contribution is 2.24. The third-order valence-corrected chi connectivity index (χ3v) is 2.19. The van der Waals surface area contributed by atoms with Crippen LogP contribution in [0.5, 0.6) is 0 Å². The van der Waals surface area contributed by atoms with Crippen LogP contribution < -0.4 is 0 Å². The van der Waals surface area contributed by atoms with Gasteiger partial charge in [-0.2, -0.15) is 0 Å². The van der Waals surface area contributed by atoms with E-state index in [0.29, 0.717) is 0 Å². The number of hydrogen-bond donors (Lipinski definition) is 0. The molecule has 0 amide bonds. The Morgan fingerprint density at radius 3 is 2.50 bits per heavy atom. The molecule has 0 N–H and O–H groups in total. The van der Waals surface area contributed by atoms with Gasteiger partial charge in [-0.25, -0.2) is 0 Å². The number of hydrogen-bond acceptors (Lipinski definition) is 4. The maximum absolute atomic E-state index is 10.5. The van der Waals surface area contributed by atoms with Crippen LogP contribution in [0.25, 0.3) is 6.08 Å². The second-order valence-electron chi connectivity index (χ2n) is 3.01. The lowest BCUT2D eigenvalue weighted by Gasteiger charge is -1.98. The fourth-order valence-corrected chi connectivity index (χ4v) is 1.21. The summed E-state index contributed by atoms with van der Waals surface area (Å²) in [6, 6.07) is 3.76. The number of benzene rings is 1. The third-order valence-electron chi connectivity index (χ3n) is 1.84. The van der Waals surface area contributed by atoms with Crippen molar-refractivity contribution in [3.05, 3.63) is 54.7 Å². The molecule has 1 aromatic rings. The van der Waals surface area contributed by atoms with Gasteiger partial charge in [-0.1, -0.05) is 11.6 Å². The molecule has 0 aliphatic carbocycles. The number of non-ortho nitro benzene ring substituents is 1. The first-order chi connectivity index (χ1) is 7.41. The van der Waals surface area contributed by atoms with E-state index in [9.17, 15) is 20.2 Å². The van der Waals surface area contributed by atoms with Gasteiger partial charge in [0.15, 0.2) is 0 Å². The van der Waals surface area contributed by atoms with Crippen LogP contribution in [-0.2, 0) is 0 Å². The monoisotopic (exact) mass is 242 g/mol. The number of rotatable bonds is 3. The van der Waals surface area contributed by atoms with Gasteiger partial charge in [0.1, 0.15) is 0 Å². The summed E-state index contributed by atoms with van der Waals surface area (Å²) >= 11 is 5.76. The molecule has 0 saturated heterocycles. The van der Waals surface area contributed by atoms with Crippen LogP contribution in [0.4, 0.5) is 5.69 Å². The van der Waals surface area contributed by atoms with Crippen LogP contribution >= 0.6 is 11.6 Å². The molecular formula is C9H7ClN2O4. The van der Waals surface area contributed by atoms with Crippen molar-refractivity contribution in [1.29, 1.82) is 0 Å². The largest absolute Gasteiger partial charge is 0.270 e. The van der Waals surface area contributed by atoms with E-state index in [4.69, 9.17) is 11.6 Å². The predicted octanol–water partition coefficient (Wildman–Crippen LogP) is 2.89. The summed E-state index contributed by atoms with van der Waals surface area (Å²) in [5, 5.41) is 21.1. The molecule has 1 aromatic carbocycles. The Morgan fingerprint density at radius 1 is 1.38 bits per heavy atom. The maximum Gasteiger partial charge on any atom is 0.270 e. The van der Waals surface area contributed by atoms with Gasteiger partial charge in [-0.3, -0.25) is 20.2 Å². The SMILES string of the molecule is CC(=Cc1cc([N+](=O)[O-])ccc1Cl)[N+](=O)[O-]. The number of allylic oxidation sites excluding steroid dienone is 1. The fraction of sp³-hybridized carbons (Fsp3) is 0.111. The minimum atomic E-state index is -0.588. The van der Waals surface area contributed by atoms with Crippen molar-refractivity contribution in [2.45, 2.75) is 6.92 Å². The van der Waals surface area contributed by atoms with Crippen LogP contribution in [0.2, 0.25) is 5.02 Å². The molecule has 0 unspecified atom stereocenters. The zero-order chi connectivity index (χ0) is 12.3. The molecule has 0 heterocycles. The first kappa shape index (κ1) is 12.1. The van der Waals surface area contributed by atoms with Gasteiger partial charge in [0.25, 0.3) is 5.69 Å². The molecule has 7 heteroatoms. The molecule has 0 spiro atoms. The highest BCUT2D eigenvalue weighted by Gasteiger charge is 2.10. The van der Waals surface area contributed by atoms with Crippen LogP contribution in [0.15, 0.2) is 23.9 Å². The van der Waals surface area contributed by atoms with Gasteiger partial charge in [-0.15, -0.1) is 0 Å². The van der Waals surface area contributed by atoms with Crippen molar-refractivity contribution in [2.24, 2.45) is 0 Å². The summed E-state index contributed by atoms with van der Waals surface area (Å²) in [6.07, 6.45) is 1.19. The molecule has 0 aliphatic rings. The Balaban J connectivity index is 3.23. The van der Waals surface area contributed by atoms with Crippen LogP contribution in [0, 0.1) is 20.2 Å². The minimum absolute atomic E-state index is 0.137. The molecule has 84 valence electrons. The van der Waals surface area contributed by atoms with Crippen LogP contribution in [0.3, 0.4) is 0 Å². The summed E-state index contributed by atoms with van der Waals surface area (Å²) < 4.78 is 0. The number of nitro benzene ring substituents is 1. The molecule has 6 nitrogen and oxygen atoms in total. The fourth-order valence-electron chi connectivity index (χ4n) is 1.03. The Labute approximate surface area is 95.4 Å². The average molecular weight is 243 g/mol. The lowest BCUT2D eigenvalue weighted by atomic mass is 10.2. The van der Waals surface area contributed by atoms with E-state index in [0.717, 1.165) is 0 Å². The number of halogens is 1. The van der Waals surface area contributed by atoms with Crippen molar-refractivity contribution in [3.63, 3.8) is 0 Å². The van der Waals surface area contributed by atoms with E-state index < -0.39 is 9.85 Å². The third kappa shape index (κ3) is 2.77. The summed E-state index contributed by atoms with van der Waals surface area (Å²) in [7, 11) is 0. The Hall–Kier alpha value is -1.95. The summed E-state index contributed by atoms with van der Waals surface area (Å²) in [6.45, 7) is 1.29. The molecule has 16 heavy (non-hydrogen) atoms. The quantitative estimate of drug-likeness (QED) is 0.602. The predicted molar refractivity (Wildman–Crippen MR) is 58.8 cm³/mol. The van der Waals surface area contributed by atoms with Crippen molar-refractivity contribution in [1.82, 2.24) is 0 Å². The topological polar surface area (TPSA) is 86.3 Å². The second-order valence-corrected chi connectivity index (χ2v) is 3.41. The van der Waals surface area contributed by atoms with E-state index in [2.05, 4.69) is 0 Å². The van der Waals surface area contributed by atoms with E-state index in [-0.39, 0.29) is 22.0 Å². The van der Waals surface area contributed by atoms with Crippen molar-refractivity contribution < 1.29 is 9.85 Å².